The molecule has 2 heteroatoms. The van der Waals surface area contributed by atoms with Crippen molar-refractivity contribution in [1.82, 2.24) is 0 Å². The number of methoxy groups -OCH3 is 1. The maximum absolute atomic E-state index is 11.0. The molecule has 0 unspecified atom stereocenters. The van der Waals surface area contributed by atoms with Crippen LogP contribution in [0.25, 0.3) is 0 Å². The topological polar surface area (TPSA) is 26.3 Å². The number of rotatable bonds is 4. The van der Waals surface area contributed by atoms with Crippen molar-refractivity contribution in [3.63, 3.8) is 0 Å². The van der Waals surface area contributed by atoms with Gasteiger partial charge in [0.2, 0.25) is 0 Å². The number of benzene rings is 1. The Hall–Kier alpha value is -1.31. The summed E-state index contributed by atoms with van der Waals surface area (Å²) >= 11 is 0. The van der Waals surface area contributed by atoms with Crippen LogP contribution in [0, 0.1) is 20.8 Å². The number of hydrogen-bond acceptors (Lipinski definition) is 2. The van der Waals surface area contributed by atoms with E-state index in [0.29, 0.717) is 6.42 Å². The van der Waals surface area contributed by atoms with Crippen molar-refractivity contribution in [3.8, 4) is 5.75 Å². The normalized spacial score (nSPS) is 10.3. The Morgan fingerprint density at radius 3 is 2.38 bits per heavy atom. The first-order chi connectivity index (χ1) is 7.47. The highest BCUT2D eigenvalue weighted by atomic mass is 16.5. The Kier molecular flexibility index (Phi) is 4.11. The number of Topliss-reactive ketones (excluding diaryl/α,β-unsaturated/α-hetero) is 1. The minimum Gasteiger partial charge on any atom is -0.496 e. The first kappa shape index (κ1) is 12.8. The lowest BCUT2D eigenvalue weighted by Crippen LogP contribution is -2.01. The summed E-state index contributed by atoms with van der Waals surface area (Å²) < 4.78 is 5.37. The van der Waals surface area contributed by atoms with E-state index in [4.69, 9.17) is 4.74 Å². The first-order valence-corrected chi connectivity index (χ1v) is 5.60. The number of carbonyl (C=O) groups excluding carboxylic acids is 1. The lowest BCUT2D eigenvalue weighted by Gasteiger charge is -2.15. The molecule has 0 spiro atoms. The van der Waals surface area contributed by atoms with Crippen LogP contribution in [-0.4, -0.2) is 12.9 Å². The Morgan fingerprint density at radius 1 is 1.25 bits per heavy atom. The van der Waals surface area contributed by atoms with Crippen LogP contribution in [0.4, 0.5) is 0 Å². The van der Waals surface area contributed by atoms with Gasteiger partial charge in [0, 0.05) is 6.42 Å². The van der Waals surface area contributed by atoms with Gasteiger partial charge in [0.1, 0.15) is 11.5 Å². The summed E-state index contributed by atoms with van der Waals surface area (Å²) in [5, 5.41) is 0. The van der Waals surface area contributed by atoms with Crippen molar-refractivity contribution in [3.05, 3.63) is 28.3 Å². The average molecular weight is 220 g/mol. The first-order valence-electron chi connectivity index (χ1n) is 5.60. The van der Waals surface area contributed by atoms with Crippen molar-refractivity contribution >= 4 is 5.78 Å². The molecule has 0 heterocycles. The van der Waals surface area contributed by atoms with Crippen LogP contribution in [0.15, 0.2) is 6.07 Å². The van der Waals surface area contributed by atoms with Crippen LogP contribution >= 0.6 is 0 Å². The zero-order valence-electron chi connectivity index (χ0n) is 10.8. The Balaban J connectivity index is 3.08. The standard InChI is InChI=1S/C14H20O2/c1-9-8-13(7-6-10(2)15)11(3)12(4)14(9)16-5/h8H,6-7H2,1-5H3. The third-order valence-corrected chi connectivity index (χ3v) is 3.08. The van der Waals surface area contributed by atoms with E-state index >= 15 is 0 Å². The van der Waals surface area contributed by atoms with E-state index in [0.717, 1.165) is 17.7 Å². The fourth-order valence-electron chi connectivity index (χ4n) is 2.03. The molecule has 2 nitrogen and oxygen atoms in total. The largest absolute Gasteiger partial charge is 0.496 e. The molecule has 1 rings (SSSR count). The number of ether oxygens (including phenoxy) is 1. The van der Waals surface area contributed by atoms with Gasteiger partial charge in [-0.1, -0.05) is 6.07 Å². The van der Waals surface area contributed by atoms with Gasteiger partial charge >= 0.3 is 0 Å². The van der Waals surface area contributed by atoms with Crippen LogP contribution in [-0.2, 0) is 11.2 Å². The fraction of sp³-hybridized carbons (Fsp3) is 0.500. The molecule has 0 radical (unpaired) electrons. The summed E-state index contributed by atoms with van der Waals surface area (Å²) in [6, 6.07) is 2.13. The summed E-state index contributed by atoms with van der Waals surface area (Å²) in [5.41, 5.74) is 4.82. The van der Waals surface area contributed by atoms with Gasteiger partial charge in [-0.05, 0) is 56.4 Å². The molecule has 0 aliphatic heterocycles. The summed E-state index contributed by atoms with van der Waals surface area (Å²) in [7, 11) is 1.70. The van der Waals surface area contributed by atoms with Crippen LogP contribution in [0.5, 0.6) is 5.75 Å². The number of carbonyl (C=O) groups is 1. The summed E-state index contributed by atoms with van der Waals surface area (Å²) in [6.07, 6.45) is 1.44. The van der Waals surface area contributed by atoms with Crippen molar-refractivity contribution in [2.75, 3.05) is 7.11 Å². The van der Waals surface area contributed by atoms with Gasteiger partial charge in [-0.2, -0.15) is 0 Å². The summed E-state index contributed by atoms with van der Waals surface area (Å²) in [6.45, 7) is 7.84. The molecule has 0 saturated carbocycles. The molecule has 0 bridgehead atoms. The highest BCUT2D eigenvalue weighted by Gasteiger charge is 2.10. The molecule has 0 aliphatic carbocycles. The number of ketones is 1. The highest BCUT2D eigenvalue weighted by molar-refractivity contribution is 5.75. The molecule has 0 atom stereocenters. The Morgan fingerprint density at radius 2 is 1.88 bits per heavy atom. The van der Waals surface area contributed by atoms with E-state index in [2.05, 4.69) is 19.9 Å². The SMILES string of the molecule is COc1c(C)cc(CCC(C)=O)c(C)c1C. The minimum absolute atomic E-state index is 0.241. The minimum atomic E-state index is 0.241. The zero-order chi connectivity index (χ0) is 12.3. The van der Waals surface area contributed by atoms with Crippen LogP contribution < -0.4 is 4.74 Å². The van der Waals surface area contributed by atoms with Crippen LogP contribution in [0.2, 0.25) is 0 Å². The second-order valence-corrected chi connectivity index (χ2v) is 4.34. The maximum atomic E-state index is 11.0. The number of aryl methyl sites for hydroxylation is 2. The molecule has 88 valence electrons. The molecule has 0 aromatic heterocycles. The smallest absolute Gasteiger partial charge is 0.130 e. The molecular weight excluding hydrogens is 200 g/mol. The van der Waals surface area contributed by atoms with Crippen LogP contribution in [0.1, 0.15) is 35.6 Å². The second-order valence-electron chi connectivity index (χ2n) is 4.34. The van der Waals surface area contributed by atoms with Gasteiger partial charge in [-0.25, -0.2) is 0 Å². The fourth-order valence-corrected chi connectivity index (χ4v) is 2.03. The van der Waals surface area contributed by atoms with Crippen molar-refractivity contribution in [1.29, 1.82) is 0 Å². The molecule has 16 heavy (non-hydrogen) atoms. The third-order valence-electron chi connectivity index (χ3n) is 3.08. The summed E-state index contributed by atoms with van der Waals surface area (Å²) in [4.78, 5) is 11.0. The van der Waals surface area contributed by atoms with E-state index in [1.807, 2.05) is 6.92 Å². The van der Waals surface area contributed by atoms with Gasteiger partial charge in [-0.3, -0.25) is 0 Å². The molecule has 1 aromatic rings. The lowest BCUT2D eigenvalue weighted by atomic mass is 9.95. The predicted molar refractivity (Wildman–Crippen MR) is 66.2 cm³/mol. The van der Waals surface area contributed by atoms with E-state index in [1.54, 1.807) is 14.0 Å². The van der Waals surface area contributed by atoms with Gasteiger partial charge < -0.3 is 9.53 Å². The van der Waals surface area contributed by atoms with E-state index < -0.39 is 0 Å². The van der Waals surface area contributed by atoms with Gasteiger partial charge in [-0.15, -0.1) is 0 Å². The van der Waals surface area contributed by atoms with Crippen molar-refractivity contribution in [2.24, 2.45) is 0 Å². The molecule has 0 aliphatic rings. The molecule has 0 saturated heterocycles. The van der Waals surface area contributed by atoms with E-state index in [9.17, 15) is 4.79 Å². The van der Waals surface area contributed by atoms with Crippen LogP contribution in [0.3, 0.4) is 0 Å². The Labute approximate surface area is 97.6 Å². The van der Waals surface area contributed by atoms with Gasteiger partial charge in [0.25, 0.3) is 0 Å². The molecule has 0 amide bonds. The predicted octanol–water partition coefficient (Wildman–Crippen LogP) is 3.14. The third kappa shape index (κ3) is 2.63. The van der Waals surface area contributed by atoms with Crippen molar-refractivity contribution in [2.45, 2.75) is 40.5 Å². The maximum Gasteiger partial charge on any atom is 0.130 e. The molecule has 1 aromatic carbocycles. The number of hydrogen-bond donors (Lipinski definition) is 0. The van der Waals surface area contributed by atoms with Crippen molar-refractivity contribution < 1.29 is 9.53 Å². The second kappa shape index (κ2) is 5.15. The quantitative estimate of drug-likeness (QED) is 0.779. The molecule has 0 fully saturated rings. The Bertz CT molecular complexity index is 406. The monoisotopic (exact) mass is 220 g/mol. The summed E-state index contributed by atoms with van der Waals surface area (Å²) in [5.74, 6) is 1.20. The van der Waals surface area contributed by atoms with Gasteiger partial charge in [0.05, 0.1) is 7.11 Å². The molecule has 0 N–H and O–H groups in total. The van der Waals surface area contributed by atoms with E-state index in [1.165, 1.54) is 16.7 Å². The van der Waals surface area contributed by atoms with E-state index in [-0.39, 0.29) is 5.78 Å². The lowest BCUT2D eigenvalue weighted by molar-refractivity contribution is -0.116. The van der Waals surface area contributed by atoms with Gasteiger partial charge in [0.15, 0.2) is 0 Å². The molecular formula is C14H20O2. The zero-order valence-corrected chi connectivity index (χ0v) is 10.8. The average Bonchev–Trinajstić information content (AvgIpc) is 2.22. The highest BCUT2D eigenvalue weighted by Crippen LogP contribution is 2.29.